The number of carboxylic acids is 2. The predicted molar refractivity (Wildman–Crippen MR) is 125 cm³/mol. The third-order valence-electron chi connectivity index (χ3n) is 5.53. The van der Waals surface area contributed by atoms with Crippen molar-refractivity contribution in [3.05, 3.63) is 35.9 Å². The first-order chi connectivity index (χ1) is 16.4. The van der Waals surface area contributed by atoms with Gasteiger partial charge in [-0.25, -0.2) is 4.79 Å². The van der Waals surface area contributed by atoms with Crippen LogP contribution in [-0.4, -0.2) is 75.3 Å². The zero-order chi connectivity index (χ0) is 26.7. The molecule has 6 unspecified atom stereocenters. The lowest BCUT2D eigenvalue weighted by molar-refractivity contribution is -0.145. The van der Waals surface area contributed by atoms with E-state index >= 15 is 0 Å². The summed E-state index contributed by atoms with van der Waals surface area (Å²) in [4.78, 5) is 61.0. The minimum atomic E-state index is -1.64. The molecule has 1 rings (SSSR count). The number of hydrogen-bond acceptors (Lipinski definition) is 7. The molecule has 0 heterocycles. The lowest BCUT2D eigenvalue weighted by Crippen LogP contribution is -2.59. The third kappa shape index (κ3) is 9.71. The number of hydrogen-bond donors (Lipinski definition) is 7. The van der Waals surface area contributed by atoms with Gasteiger partial charge in [-0.2, -0.15) is 0 Å². The SMILES string of the molecule is CCC(C)C(N)C(=O)NC(CC(=O)O)C(=O)NC(Cc1ccccc1)C(=O)NC(C(=O)O)C(C)O. The number of aliphatic hydroxyl groups is 1. The van der Waals surface area contributed by atoms with Crippen LogP contribution >= 0.6 is 0 Å². The molecule has 12 nitrogen and oxygen atoms in total. The number of carbonyl (C=O) groups excluding carboxylic acids is 3. The Balaban J connectivity index is 3.14. The van der Waals surface area contributed by atoms with E-state index in [1.807, 2.05) is 6.92 Å². The van der Waals surface area contributed by atoms with E-state index in [9.17, 15) is 39.3 Å². The molecule has 8 N–H and O–H groups in total. The molecule has 1 aromatic carbocycles. The van der Waals surface area contributed by atoms with Crippen LogP contribution in [-0.2, 0) is 30.4 Å². The Labute approximate surface area is 203 Å². The molecule has 6 atom stereocenters. The van der Waals surface area contributed by atoms with Gasteiger partial charge in [0, 0.05) is 6.42 Å². The molecular weight excluding hydrogens is 460 g/mol. The fourth-order valence-corrected chi connectivity index (χ4v) is 3.14. The van der Waals surface area contributed by atoms with Crippen molar-refractivity contribution < 1.29 is 39.3 Å². The minimum absolute atomic E-state index is 0.0648. The number of aliphatic hydroxyl groups excluding tert-OH is 1. The zero-order valence-corrected chi connectivity index (χ0v) is 19.9. The molecule has 0 bridgehead atoms. The summed E-state index contributed by atoms with van der Waals surface area (Å²) < 4.78 is 0. The number of carboxylic acid groups (broad SMARTS) is 2. The molecule has 12 heteroatoms. The highest BCUT2D eigenvalue weighted by Crippen LogP contribution is 2.08. The van der Waals surface area contributed by atoms with Crippen LogP contribution in [0.1, 0.15) is 39.2 Å². The van der Waals surface area contributed by atoms with Crippen LogP contribution in [0.2, 0.25) is 0 Å². The molecule has 0 spiro atoms. The molecule has 0 saturated heterocycles. The van der Waals surface area contributed by atoms with E-state index in [1.165, 1.54) is 6.92 Å². The van der Waals surface area contributed by atoms with E-state index in [0.29, 0.717) is 12.0 Å². The van der Waals surface area contributed by atoms with Gasteiger partial charge in [0.15, 0.2) is 6.04 Å². The van der Waals surface area contributed by atoms with Crippen molar-refractivity contribution in [3.8, 4) is 0 Å². The standard InChI is InChI=1S/C23H34N4O8/c1-4-12(2)18(24)22(33)26-16(11-17(29)30)20(31)25-15(10-14-8-6-5-7-9-14)21(32)27-19(13(3)28)23(34)35/h5-9,12-13,15-16,18-19,28H,4,10-11,24H2,1-3H3,(H,25,31)(H,26,33)(H,27,32)(H,29,30)(H,34,35). The Bertz CT molecular complexity index is 893. The monoisotopic (exact) mass is 494 g/mol. The fraction of sp³-hybridized carbons (Fsp3) is 0.522. The van der Waals surface area contributed by atoms with Crippen molar-refractivity contribution in [1.29, 1.82) is 0 Å². The van der Waals surface area contributed by atoms with Crippen molar-refractivity contribution in [2.24, 2.45) is 11.7 Å². The second-order valence-electron chi connectivity index (χ2n) is 8.39. The van der Waals surface area contributed by atoms with E-state index in [0.717, 1.165) is 0 Å². The summed E-state index contributed by atoms with van der Waals surface area (Å²) in [6.07, 6.45) is -1.68. The number of nitrogens with one attached hydrogen (secondary N) is 3. The van der Waals surface area contributed by atoms with Crippen LogP contribution in [0.25, 0.3) is 0 Å². The molecule has 3 amide bonds. The van der Waals surface area contributed by atoms with E-state index in [-0.39, 0.29) is 12.3 Å². The summed E-state index contributed by atoms with van der Waals surface area (Å²) in [5, 5.41) is 35.1. The minimum Gasteiger partial charge on any atom is -0.481 e. The van der Waals surface area contributed by atoms with Gasteiger partial charge in [0.25, 0.3) is 0 Å². The second kappa shape index (κ2) is 14.0. The van der Waals surface area contributed by atoms with E-state index in [4.69, 9.17) is 5.73 Å². The van der Waals surface area contributed by atoms with Crippen LogP contribution in [0.5, 0.6) is 0 Å². The number of rotatable bonds is 14. The number of benzene rings is 1. The maximum absolute atomic E-state index is 13.0. The van der Waals surface area contributed by atoms with Crippen LogP contribution < -0.4 is 21.7 Å². The van der Waals surface area contributed by atoms with Crippen LogP contribution in [0, 0.1) is 5.92 Å². The molecule has 194 valence electrons. The van der Waals surface area contributed by atoms with Crippen molar-refractivity contribution in [3.63, 3.8) is 0 Å². The van der Waals surface area contributed by atoms with Crippen LogP contribution in [0.3, 0.4) is 0 Å². The topological polar surface area (TPSA) is 208 Å². The molecule has 1 aromatic rings. The second-order valence-corrected chi connectivity index (χ2v) is 8.39. The molecule has 35 heavy (non-hydrogen) atoms. The summed E-state index contributed by atoms with van der Waals surface area (Å²) in [6, 6.07) is 3.02. The van der Waals surface area contributed by atoms with Crippen molar-refractivity contribution in [1.82, 2.24) is 16.0 Å². The van der Waals surface area contributed by atoms with Crippen molar-refractivity contribution >= 4 is 29.7 Å². The highest BCUT2D eigenvalue weighted by molar-refractivity contribution is 5.95. The summed E-state index contributed by atoms with van der Waals surface area (Å²) in [5.41, 5.74) is 6.50. The Morgan fingerprint density at radius 3 is 1.91 bits per heavy atom. The Hall–Kier alpha value is -3.51. The molecule has 0 aliphatic carbocycles. The van der Waals surface area contributed by atoms with E-state index in [1.54, 1.807) is 37.3 Å². The largest absolute Gasteiger partial charge is 0.481 e. The van der Waals surface area contributed by atoms with Gasteiger partial charge in [0.1, 0.15) is 12.1 Å². The molecule has 0 aromatic heterocycles. The first kappa shape index (κ1) is 29.5. The molecule has 0 saturated carbocycles. The molecule has 0 fully saturated rings. The van der Waals surface area contributed by atoms with Gasteiger partial charge in [0.05, 0.1) is 18.6 Å². The Morgan fingerprint density at radius 1 is 0.886 bits per heavy atom. The zero-order valence-electron chi connectivity index (χ0n) is 19.9. The maximum Gasteiger partial charge on any atom is 0.328 e. The van der Waals surface area contributed by atoms with E-state index < -0.39 is 66.4 Å². The number of nitrogens with two attached hydrogens (primary N) is 1. The lowest BCUT2D eigenvalue weighted by atomic mass is 9.98. The Kier molecular flexibility index (Phi) is 11.8. The Morgan fingerprint density at radius 2 is 1.43 bits per heavy atom. The quantitative estimate of drug-likeness (QED) is 0.169. The number of carbonyl (C=O) groups is 5. The predicted octanol–water partition coefficient (Wildman–Crippen LogP) is -1.00. The summed E-state index contributed by atoms with van der Waals surface area (Å²) in [5.74, 6) is -5.66. The van der Waals surface area contributed by atoms with Gasteiger partial charge >= 0.3 is 11.9 Å². The van der Waals surface area contributed by atoms with Gasteiger partial charge in [-0.3, -0.25) is 19.2 Å². The highest BCUT2D eigenvalue weighted by Gasteiger charge is 2.33. The van der Waals surface area contributed by atoms with Gasteiger partial charge in [-0.15, -0.1) is 0 Å². The number of aliphatic carboxylic acids is 2. The van der Waals surface area contributed by atoms with Crippen molar-refractivity contribution in [2.45, 2.75) is 70.3 Å². The average Bonchev–Trinajstić information content (AvgIpc) is 2.80. The smallest absolute Gasteiger partial charge is 0.328 e. The maximum atomic E-state index is 13.0. The first-order valence-corrected chi connectivity index (χ1v) is 11.2. The normalized spacial score (nSPS) is 16.0. The number of amides is 3. The van der Waals surface area contributed by atoms with Gasteiger partial charge in [-0.1, -0.05) is 50.6 Å². The first-order valence-electron chi connectivity index (χ1n) is 11.2. The van der Waals surface area contributed by atoms with Gasteiger partial charge < -0.3 is 37.0 Å². The molecule has 0 aliphatic heterocycles. The van der Waals surface area contributed by atoms with E-state index in [2.05, 4.69) is 16.0 Å². The third-order valence-corrected chi connectivity index (χ3v) is 5.53. The van der Waals surface area contributed by atoms with Crippen LogP contribution in [0.15, 0.2) is 30.3 Å². The molecular formula is C23H34N4O8. The average molecular weight is 495 g/mol. The van der Waals surface area contributed by atoms with Gasteiger partial charge in [0.2, 0.25) is 17.7 Å². The molecule has 0 aliphatic rings. The van der Waals surface area contributed by atoms with Crippen LogP contribution in [0.4, 0.5) is 0 Å². The highest BCUT2D eigenvalue weighted by atomic mass is 16.4. The summed E-state index contributed by atoms with van der Waals surface area (Å²) >= 11 is 0. The van der Waals surface area contributed by atoms with Crippen molar-refractivity contribution in [2.75, 3.05) is 0 Å². The van der Waals surface area contributed by atoms with Gasteiger partial charge in [-0.05, 0) is 18.4 Å². The fourth-order valence-electron chi connectivity index (χ4n) is 3.14. The summed E-state index contributed by atoms with van der Waals surface area (Å²) in [6.45, 7) is 4.74. The summed E-state index contributed by atoms with van der Waals surface area (Å²) in [7, 11) is 0. The molecule has 0 radical (unpaired) electrons. The lowest BCUT2D eigenvalue weighted by Gasteiger charge is -2.26.